The smallest absolute Gasteiger partial charge is 0.324 e. The molecule has 1 rings (SSSR count). The summed E-state index contributed by atoms with van der Waals surface area (Å²) < 4.78 is 0. The van der Waals surface area contributed by atoms with Gasteiger partial charge < -0.3 is 5.32 Å². The van der Waals surface area contributed by atoms with Crippen LogP contribution in [0.2, 0.25) is 0 Å². The van der Waals surface area contributed by atoms with Gasteiger partial charge in [0.15, 0.2) is 0 Å². The summed E-state index contributed by atoms with van der Waals surface area (Å²) in [7, 11) is 0. The molecule has 0 aromatic carbocycles. The number of amides is 3. The number of urea groups is 1. The molecule has 0 saturated carbocycles. The first-order chi connectivity index (χ1) is 6.06. The van der Waals surface area contributed by atoms with E-state index < -0.39 is 0 Å². The van der Waals surface area contributed by atoms with Gasteiger partial charge in [-0.05, 0) is 12.8 Å². The highest BCUT2D eigenvalue weighted by atomic mass is 16.2. The zero-order valence-electron chi connectivity index (χ0n) is 8.33. The molecule has 1 heterocycles. The maximum absolute atomic E-state index is 11.4. The molecule has 1 aliphatic heterocycles. The highest BCUT2D eigenvalue weighted by Crippen LogP contribution is 2.10. The van der Waals surface area contributed by atoms with E-state index in [1.807, 2.05) is 13.8 Å². The Morgan fingerprint density at radius 1 is 1.54 bits per heavy atom. The van der Waals surface area contributed by atoms with Crippen molar-refractivity contribution in [2.75, 3.05) is 6.54 Å². The Morgan fingerprint density at radius 2 is 2.15 bits per heavy atom. The normalized spacial score (nSPS) is 24.8. The molecule has 0 radical (unpaired) electrons. The third-order valence-corrected chi connectivity index (χ3v) is 2.41. The Bertz CT molecular complexity index is 228. The summed E-state index contributed by atoms with van der Waals surface area (Å²) >= 11 is 0. The van der Waals surface area contributed by atoms with Gasteiger partial charge in [0, 0.05) is 6.54 Å². The first kappa shape index (κ1) is 10.0. The largest absolute Gasteiger partial charge is 0.326 e. The maximum Gasteiger partial charge on any atom is 0.324 e. The van der Waals surface area contributed by atoms with E-state index >= 15 is 0 Å². The molecule has 1 N–H and O–H groups in total. The van der Waals surface area contributed by atoms with Gasteiger partial charge in [0.1, 0.15) is 6.04 Å². The predicted molar refractivity (Wildman–Crippen MR) is 49.2 cm³/mol. The van der Waals surface area contributed by atoms with Crippen molar-refractivity contribution in [3.05, 3.63) is 0 Å². The lowest BCUT2D eigenvalue weighted by Gasteiger charge is -2.16. The molecule has 1 saturated heterocycles. The molecule has 4 heteroatoms. The Balaban J connectivity index is 2.59. The Labute approximate surface area is 78.3 Å². The second-order valence-electron chi connectivity index (χ2n) is 3.63. The van der Waals surface area contributed by atoms with Crippen molar-refractivity contribution in [2.24, 2.45) is 5.92 Å². The zero-order valence-corrected chi connectivity index (χ0v) is 8.33. The van der Waals surface area contributed by atoms with Crippen LogP contribution in [-0.2, 0) is 4.79 Å². The van der Waals surface area contributed by atoms with E-state index in [2.05, 4.69) is 5.32 Å². The summed E-state index contributed by atoms with van der Waals surface area (Å²) in [6.45, 7) is 6.32. The van der Waals surface area contributed by atoms with Crippen molar-refractivity contribution in [3.63, 3.8) is 0 Å². The van der Waals surface area contributed by atoms with Crippen LogP contribution in [0.5, 0.6) is 0 Å². The molecule has 1 aliphatic rings. The molecular formula is C9H16N2O2. The minimum Gasteiger partial charge on any atom is -0.326 e. The summed E-state index contributed by atoms with van der Waals surface area (Å²) in [4.78, 5) is 24.0. The van der Waals surface area contributed by atoms with Crippen LogP contribution in [0.25, 0.3) is 0 Å². The summed E-state index contributed by atoms with van der Waals surface area (Å²) in [5, 5.41) is 2.58. The van der Waals surface area contributed by atoms with Crippen LogP contribution in [-0.4, -0.2) is 29.4 Å². The van der Waals surface area contributed by atoms with Crippen LogP contribution >= 0.6 is 0 Å². The van der Waals surface area contributed by atoms with Crippen LogP contribution in [0, 0.1) is 5.92 Å². The number of carbonyl (C=O) groups is 2. The number of nitrogens with zero attached hydrogens (tertiary/aromatic N) is 1. The van der Waals surface area contributed by atoms with Crippen LogP contribution < -0.4 is 5.32 Å². The van der Waals surface area contributed by atoms with E-state index in [0.29, 0.717) is 12.5 Å². The Hall–Kier alpha value is -1.06. The molecular weight excluding hydrogens is 168 g/mol. The van der Waals surface area contributed by atoms with Crippen molar-refractivity contribution in [1.29, 1.82) is 0 Å². The topological polar surface area (TPSA) is 49.4 Å². The fourth-order valence-electron chi connectivity index (χ4n) is 1.27. The van der Waals surface area contributed by atoms with Crippen molar-refractivity contribution in [1.82, 2.24) is 10.2 Å². The highest BCUT2D eigenvalue weighted by Gasteiger charge is 2.35. The third-order valence-electron chi connectivity index (χ3n) is 2.41. The minimum absolute atomic E-state index is 0.106. The molecule has 0 aromatic heterocycles. The van der Waals surface area contributed by atoms with E-state index in [1.54, 1.807) is 6.92 Å². The average Bonchev–Trinajstić information content (AvgIpc) is 2.32. The van der Waals surface area contributed by atoms with Gasteiger partial charge >= 0.3 is 6.03 Å². The lowest BCUT2D eigenvalue weighted by atomic mass is 10.1. The van der Waals surface area contributed by atoms with Gasteiger partial charge in [-0.15, -0.1) is 0 Å². The monoisotopic (exact) mass is 184 g/mol. The summed E-state index contributed by atoms with van der Waals surface area (Å²) in [5.74, 6) is 0.269. The first-order valence-electron chi connectivity index (χ1n) is 4.68. The lowest BCUT2D eigenvalue weighted by molar-refractivity contribution is -0.127. The van der Waals surface area contributed by atoms with Gasteiger partial charge in [-0.2, -0.15) is 0 Å². The second-order valence-corrected chi connectivity index (χ2v) is 3.63. The van der Waals surface area contributed by atoms with Crippen molar-refractivity contribution in [2.45, 2.75) is 33.2 Å². The molecule has 0 aliphatic carbocycles. The quantitative estimate of drug-likeness (QED) is 0.664. The average molecular weight is 184 g/mol. The van der Waals surface area contributed by atoms with Crippen LogP contribution in [0.15, 0.2) is 0 Å². The lowest BCUT2D eigenvalue weighted by Crippen LogP contribution is -2.34. The molecule has 2 unspecified atom stereocenters. The first-order valence-corrected chi connectivity index (χ1v) is 4.68. The Morgan fingerprint density at radius 3 is 2.54 bits per heavy atom. The fourth-order valence-corrected chi connectivity index (χ4v) is 1.27. The number of rotatable bonds is 3. The van der Waals surface area contributed by atoms with Crippen molar-refractivity contribution in [3.8, 4) is 0 Å². The third kappa shape index (κ3) is 1.99. The predicted octanol–water partition coefficient (Wildman–Crippen LogP) is 0.973. The summed E-state index contributed by atoms with van der Waals surface area (Å²) in [5.41, 5.74) is 0. The zero-order chi connectivity index (χ0) is 10.0. The SMILES string of the molecule is CCC(C)CN1C(=O)NC(C)C1=O. The Kier molecular flexibility index (Phi) is 2.90. The molecule has 0 spiro atoms. The van der Waals surface area contributed by atoms with Crippen molar-refractivity contribution < 1.29 is 9.59 Å². The van der Waals surface area contributed by atoms with Crippen molar-refractivity contribution >= 4 is 11.9 Å². The van der Waals surface area contributed by atoms with Gasteiger partial charge in [-0.25, -0.2) is 4.79 Å². The molecule has 3 amide bonds. The molecule has 13 heavy (non-hydrogen) atoms. The van der Waals surface area contributed by atoms with E-state index in [1.165, 1.54) is 4.90 Å². The van der Waals surface area contributed by atoms with Gasteiger partial charge in [-0.1, -0.05) is 20.3 Å². The van der Waals surface area contributed by atoms with E-state index in [0.717, 1.165) is 6.42 Å². The summed E-state index contributed by atoms with van der Waals surface area (Å²) in [6.07, 6.45) is 0.978. The molecule has 2 atom stereocenters. The van der Waals surface area contributed by atoms with Crippen LogP contribution in [0.1, 0.15) is 27.2 Å². The molecule has 1 fully saturated rings. The van der Waals surface area contributed by atoms with E-state index in [-0.39, 0.29) is 18.0 Å². The van der Waals surface area contributed by atoms with Crippen LogP contribution in [0.3, 0.4) is 0 Å². The molecule has 4 nitrogen and oxygen atoms in total. The number of imide groups is 1. The van der Waals surface area contributed by atoms with E-state index in [9.17, 15) is 9.59 Å². The number of hydrogen-bond donors (Lipinski definition) is 1. The maximum atomic E-state index is 11.4. The highest BCUT2D eigenvalue weighted by molar-refractivity contribution is 6.03. The fraction of sp³-hybridized carbons (Fsp3) is 0.778. The van der Waals surface area contributed by atoms with Gasteiger partial charge in [0.25, 0.3) is 5.91 Å². The van der Waals surface area contributed by atoms with Crippen LogP contribution in [0.4, 0.5) is 4.79 Å². The number of carbonyl (C=O) groups excluding carboxylic acids is 2. The van der Waals surface area contributed by atoms with Gasteiger partial charge in [0.05, 0.1) is 0 Å². The summed E-state index contributed by atoms with van der Waals surface area (Å²) in [6, 6.07) is -0.602. The van der Waals surface area contributed by atoms with Gasteiger partial charge in [0.2, 0.25) is 0 Å². The standard InChI is InChI=1S/C9H16N2O2/c1-4-6(2)5-11-8(12)7(3)10-9(11)13/h6-7H,4-5H2,1-3H3,(H,10,13). The molecule has 74 valence electrons. The second kappa shape index (κ2) is 3.77. The number of hydrogen-bond acceptors (Lipinski definition) is 2. The van der Waals surface area contributed by atoms with Gasteiger partial charge in [-0.3, -0.25) is 9.69 Å². The molecule has 0 aromatic rings. The molecule has 0 bridgehead atoms. The van der Waals surface area contributed by atoms with E-state index in [4.69, 9.17) is 0 Å². The number of nitrogens with one attached hydrogen (secondary N) is 1. The minimum atomic E-state index is -0.350.